The molecule has 1 aliphatic heterocycles. The zero-order valence-corrected chi connectivity index (χ0v) is 11.1. The summed E-state index contributed by atoms with van der Waals surface area (Å²) in [5, 5.41) is 2.07. The molecule has 0 amide bonds. The maximum atomic E-state index is 11.3. The van der Waals surface area contributed by atoms with Crippen LogP contribution >= 0.6 is 10.9 Å². The third kappa shape index (κ3) is 2.25. The molecule has 3 rings (SSSR count). The smallest absolute Gasteiger partial charge is 0.151 e. The summed E-state index contributed by atoms with van der Waals surface area (Å²) in [7, 11) is -0.615. The van der Waals surface area contributed by atoms with Gasteiger partial charge in [0.1, 0.15) is 0 Å². The number of benzene rings is 2. The largest absolute Gasteiger partial charge is 0.298 e. The Morgan fingerprint density at radius 2 is 1.84 bits per heavy atom. The molecule has 0 aromatic heterocycles. The van der Waals surface area contributed by atoms with E-state index in [9.17, 15) is 4.79 Å². The fourth-order valence-electron chi connectivity index (χ4n) is 2.19. The minimum absolute atomic E-state index is 0.615. The van der Waals surface area contributed by atoms with E-state index in [1.54, 1.807) is 0 Å². The molecule has 0 aliphatic carbocycles. The van der Waals surface area contributed by atoms with Gasteiger partial charge in [-0.3, -0.25) is 9.79 Å². The molecular formula is C16H13NOS. The van der Waals surface area contributed by atoms with Crippen LogP contribution in [0, 0.1) is 0 Å². The summed E-state index contributed by atoms with van der Waals surface area (Å²) >= 11 is 0. The maximum Gasteiger partial charge on any atom is 0.151 e. The van der Waals surface area contributed by atoms with Gasteiger partial charge in [0.25, 0.3) is 0 Å². The number of rotatable bonds is 3. The van der Waals surface area contributed by atoms with Gasteiger partial charge in [-0.15, -0.1) is 0 Å². The predicted octanol–water partition coefficient (Wildman–Crippen LogP) is 4.04. The van der Waals surface area contributed by atoms with E-state index in [0.717, 1.165) is 27.9 Å². The average Bonchev–Trinajstić information content (AvgIpc) is 3.01. The molecule has 0 fully saturated rings. The molecule has 1 unspecified atom stereocenters. The second-order valence-corrected chi connectivity index (χ2v) is 5.99. The minimum atomic E-state index is -0.615. The Morgan fingerprint density at radius 3 is 2.53 bits per heavy atom. The van der Waals surface area contributed by atoms with Crippen LogP contribution in [-0.4, -0.2) is 11.8 Å². The standard InChI is InChI=1S/C16H13NOS/c18-11-14-7-4-8-15(13-5-2-1-3-6-13)16(14)19-10-9-17-12-19/h1-12,19H. The number of aldehydes is 1. The molecule has 1 aliphatic rings. The third-order valence-corrected chi connectivity index (χ3v) is 4.89. The Hall–Kier alpha value is -2.13. The van der Waals surface area contributed by atoms with Gasteiger partial charge >= 0.3 is 0 Å². The summed E-state index contributed by atoms with van der Waals surface area (Å²) in [5.74, 6) is 0. The van der Waals surface area contributed by atoms with Crippen molar-refractivity contribution in [1.29, 1.82) is 0 Å². The molecule has 0 radical (unpaired) electrons. The van der Waals surface area contributed by atoms with E-state index >= 15 is 0 Å². The summed E-state index contributed by atoms with van der Waals surface area (Å²) in [6, 6.07) is 16.0. The van der Waals surface area contributed by atoms with Gasteiger partial charge in [0.2, 0.25) is 0 Å². The van der Waals surface area contributed by atoms with E-state index < -0.39 is 10.9 Å². The normalized spacial score (nSPS) is 18.6. The fourth-order valence-corrected chi connectivity index (χ4v) is 3.88. The first-order valence-corrected chi connectivity index (χ1v) is 7.50. The summed E-state index contributed by atoms with van der Waals surface area (Å²) in [4.78, 5) is 16.6. The van der Waals surface area contributed by atoms with Gasteiger partial charge in [-0.25, -0.2) is 0 Å². The lowest BCUT2D eigenvalue weighted by atomic mass is 10.0. The van der Waals surface area contributed by atoms with Gasteiger partial charge in [0, 0.05) is 22.2 Å². The lowest BCUT2D eigenvalue weighted by Gasteiger charge is -2.17. The van der Waals surface area contributed by atoms with Gasteiger partial charge < -0.3 is 0 Å². The first-order valence-electron chi connectivity index (χ1n) is 6.02. The van der Waals surface area contributed by atoms with Crippen LogP contribution in [0.15, 0.2) is 70.0 Å². The Balaban J connectivity index is 2.22. The van der Waals surface area contributed by atoms with Crippen LogP contribution in [0.1, 0.15) is 10.4 Å². The van der Waals surface area contributed by atoms with Crippen molar-refractivity contribution in [3.05, 3.63) is 65.7 Å². The molecule has 1 heterocycles. The maximum absolute atomic E-state index is 11.3. The lowest BCUT2D eigenvalue weighted by Crippen LogP contribution is -1.93. The van der Waals surface area contributed by atoms with Crippen LogP contribution in [-0.2, 0) is 0 Å². The monoisotopic (exact) mass is 267 g/mol. The molecule has 0 spiro atoms. The Bertz CT molecular complexity index is 650. The molecule has 94 valence electrons. The summed E-state index contributed by atoms with van der Waals surface area (Å²) < 4.78 is 0. The highest BCUT2D eigenvalue weighted by atomic mass is 32.2. The highest BCUT2D eigenvalue weighted by Crippen LogP contribution is 2.45. The van der Waals surface area contributed by atoms with Crippen LogP contribution in [0.25, 0.3) is 11.1 Å². The molecular weight excluding hydrogens is 254 g/mol. The summed E-state index contributed by atoms with van der Waals surface area (Å²) in [6.07, 6.45) is 2.74. The van der Waals surface area contributed by atoms with Crippen molar-refractivity contribution in [2.75, 3.05) is 0 Å². The van der Waals surface area contributed by atoms with E-state index in [1.165, 1.54) is 0 Å². The number of thiol groups is 1. The number of aliphatic imine (C=N–C) groups is 1. The first kappa shape index (κ1) is 11.9. The molecule has 0 N–H and O–H groups in total. The minimum Gasteiger partial charge on any atom is -0.298 e. The van der Waals surface area contributed by atoms with Gasteiger partial charge in [0.15, 0.2) is 6.29 Å². The average molecular weight is 267 g/mol. The molecule has 2 aromatic carbocycles. The zero-order valence-electron chi connectivity index (χ0n) is 10.2. The summed E-state index contributed by atoms with van der Waals surface area (Å²) in [6.45, 7) is 0. The highest BCUT2D eigenvalue weighted by Gasteiger charge is 2.15. The molecule has 3 heteroatoms. The number of hydrogen-bond donors (Lipinski definition) is 1. The van der Waals surface area contributed by atoms with E-state index in [0.29, 0.717) is 0 Å². The van der Waals surface area contributed by atoms with Crippen LogP contribution < -0.4 is 0 Å². The topological polar surface area (TPSA) is 29.4 Å². The van der Waals surface area contributed by atoms with Crippen molar-refractivity contribution in [2.24, 2.45) is 4.99 Å². The lowest BCUT2D eigenvalue weighted by molar-refractivity contribution is 0.112. The van der Waals surface area contributed by atoms with Gasteiger partial charge in [-0.05, 0) is 16.5 Å². The molecule has 1 atom stereocenters. The van der Waals surface area contributed by atoms with Gasteiger partial charge in [0.05, 0.1) is 0 Å². The Labute approximate surface area is 114 Å². The van der Waals surface area contributed by atoms with Crippen molar-refractivity contribution in [3.63, 3.8) is 0 Å². The fraction of sp³-hybridized carbons (Fsp3) is 0. The molecule has 0 saturated carbocycles. The number of hydrogen-bond acceptors (Lipinski definition) is 2. The number of carbonyl (C=O) groups is 1. The van der Waals surface area contributed by atoms with E-state index in [1.807, 2.05) is 42.1 Å². The van der Waals surface area contributed by atoms with Gasteiger partial charge in [-0.1, -0.05) is 48.5 Å². The van der Waals surface area contributed by atoms with Crippen molar-refractivity contribution in [1.82, 2.24) is 0 Å². The second kappa shape index (κ2) is 5.24. The second-order valence-electron chi connectivity index (χ2n) is 4.20. The van der Waals surface area contributed by atoms with Crippen molar-refractivity contribution >= 4 is 22.7 Å². The summed E-state index contributed by atoms with van der Waals surface area (Å²) in [5.41, 5.74) is 4.95. The number of carbonyl (C=O) groups excluding carboxylic acids is 1. The highest BCUT2D eigenvalue weighted by molar-refractivity contribution is 8.31. The third-order valence-electron chi connectivity index (χ3n) is 3.04. The van der Waals surface area contributed by atoms with Crippen LogP contribution in [0.5, 0.6) is 0 Å². The number of nitrogens with zero attached hydrogens (tertiary/aromatic N) is 1. The predicted molar refractivity (Wildman–Crippen MR) is 82.1 cm³/mol. The van der Waals surface area contributed by atoms with E-state index in [4.69, 9.17) is 0 Å². The zero-order chi connectivity index (χ0) is 13.1. The van der Waals surface area contributed by atoms with Crippen molar-refractivity contribution < 1.29 is 4.79 Å². The van der Waals surface area contributed by atoms with Crippen LogP contribution in [0.2, 0.25) is 0 Å². The molecule has 19 heavy (non-hydrogen) atoms. The van der Waals surface area contributed by atoms with Crippen LogP contribution in [0.3, 0.4) is 0 Å². The van der Waals surface area contributed by atoms with Gasteiger partial charge in [-0.2, -0.15) is 10.9 Å². The van der Waals surface area contributed by atoms with Crippen molar-refractivity contribution in [3.8, 4) is 11.1 Å². The van der Waals surface area contributed by atoms with Crippen molar-refractivity contribution in [2.45, 2.75) is 4.90 Å². The Morgan fingerprint density at radius 1 is 1.00 bits per heavy atom. The molecule has 2 nitrogen and oxygen atoms in total. The SMILES string of the molecule is O=Cc1cccc(-c2ccccc2)c1[SH]1C=CN=C1. The Kier molecular flexibility index (Phi) is 3.29. The quantitative estimate of drug-likeness (QED) is 0.660. The first-order chi connectivity index (χ1) is 9.40. The molecule has 0 saturated heterocycles. The van der Waals surface area contributed by atoms with E-state index in [-0.39, 0.29) is 0 Å². The van der Waals surface area contributed by atoms with E-state index in [2.05, 4.69) is 28.6 Å². The molecule has 0 bridgehead atoms. The van der Waals surface area contributed by atoms with Crippen LogP contribution in [0.4, 0.5) is 0 Å². The molecule has 2 aromatic rings.